The van der Waals surface area contributed by atoms with Crippen LogP contribution in [0.25, 0.3) is 0 Å². The van der Waals surface area contributed by atoms with E-state index in [4.69, 9.17) is 18.0 Å². The molecule has 0 radical (unpaired) electrons. The first-order chi connectivity index (χ1) is 8.66. The van der Waals surface area contributed by atoms with Crippen molar-refractivity contribution in [2.45, 2.75) is 12.0 Å². The van der Waals surface area contributed by atoms with Crippen LogP contribution in [0.2, 0.25) is 5.02 Å². The molecule has 0 aliphatic rings. The van der Waals surface area contributed by atoms with Gasteiger partial charge in [-0.2, -0.15) is 0 Å². The molecule has 1 N–H and O–H groups in total. The van der Waals surface area contributed by atoms with E-state index in [-0.39, 0.29) is 6.42 Å². The van der Waals surface area contributed by atoms with Crippen molar-refractivity contribution in [3.8, 4) is 12.3 Å². The molecule has 2 aromatic rings. The van der Waals surface area contributed by atoms with E-state index in [9.17, 15) is 5.11 Å². The molecule has 0 amide bonds. The highest BCUT2D eigenvalue weighted by molar-refractivity contribution is 6.30. The fourth-order valence-electron chi connectivity index (χ4n) is 1.96. The largest absolute Gasteiger partial charge is 0.379 e. The van der Waals surface area contributed by atoms with Crippen LogP contribution in [0.1, 0.15) is 17.5 Å². The molecule has 1 atom stereocenters. The summed E-state index contributed by atoms with van der Waals surface area (Å²) in [7, 11) is 0. The molecular weight excluding hydrogens is 244 g/mol. The van der Waals surface area contributed by atoms with Crippen LogP contribution in [0.3, 0.4) is 0 Å². The number of hydrogen-bond acceptors (Lipinski definition) is 1. The lowest BCUT2D eigenvalue weighted by molar-refractivity contribution is 0.0865. The van der Waals surface area contributed by atoms with Gasteiger partial charge in [0, 0.05) is 11.4 Å². The van der Waals surface area contributed by atoms with Crippen LogP contribution >= 0.6 is 11.6 Å². The van der Waals surface area contributed by atoms with Crippen LogP contribution in [0.5, 0.6) is 0 Å². The Labute approximate surface area is 112 Å². The van der Waals surface area contributed by atoms with Gasteiger partial charge in [-0.1, -0.05) is 54.1 Å². The van der Waals surface area contributed by atoms with Crippen LogP contribution in [0.15, 0.2) is 54.6 Å². The van der Waals surface area contributed by atoms with Crippen LogP contribution in [-0.4, -0.2) is 5.11 Å². The molecule has 0 heterocycles. The second kappa shape index (κ2) is 5.27. The van der Waals surface area contributed by atoms with Crippen LogP contribution < -0.4 is 0 Å². The summed E-state index contributed by atoms with van der Waals surface area (Å²) in [6, 6.07) is 16.5. The lowest BCUT2D eigenvalue weighted by atomic mass is 9.84. The summed E-state index contributed by atoms with van der Waals surface area (Å²) in [5.41, 5.74) is 0.363. The average molecular weight is 257 g/mol. The van der Waals surface area contributed by atoms with Gasteiger partial charge in [-0.3, -0.25) is 0 Å². The molecule has 1 nitrogen and oxygen atoms in total. The van der Waals surface area contributed by atoms with Crippen molar-refractivity contribution in [1.29, 1.82) is 0 Å². The minimum atomic E-state index is -1.17. The number of terminal acetylenes is 1. The molecule has 0 aliphatic heterocycles. The summed E-state index contributed by atoms with van der Waals surface area (Å²) in [6.07, 6.45) is 5.60. The van der Waals surface area contributed by atoms with E-state index in [0.29, 0.717) is 5.02 Å². The molecule has 0 saturated heterocycles. The van der Waals surface area contributed by atoms with Gasteiger partial charge in [-0.25, -0.2) is 0 Å². The molecule has 0 bridgehead atoms. The topological polar surface area (TPSA) is 20.2 Å². The minimum Gasteiger partial charge on any atom is -0.379 e. The van der Waals surface area contributed by atoms with Crippen molar-refractivity contribution in [2.75, 3.05) is 0 Å². The SMILES string of the molecule is C#CCC(O)(c1ccccc1)c1ccc(Cl)cc1. The lowest BCUT2D eigenvalue weighted by Gasteiger charge is -2.27. The van der Waals surface area contributed by atoms with Crippen molar-refractivity contribution in [2.24, 2.45) is 0 Å². The van der Waals surface area contributed by atoms with Gasteiger partial charge in [-0.05, 0) is 23.3 Å². The molecule has 0 aliphatic carbocycles. The number of hydrogen-bond donors (Lipinski definition) is 1. The first kappa shape index (κ1) is 12.7. The highest BCUT2D eigenvalue weighted by Crippen LogP contribution is 2.33. The fraction of sp³-hybridized carbons (Fsp3) is 0.125. The van der Waals surface area contributed by atoms with Crippen LogP contribution in [-0.2, 0) is 5.60 Å². The Kier molecular flexibility index (Phi) is 3.72. The van der Waals surface area contributed by atoms with Gasteiger partial charge in [0.05, 0.1) is 0 Å². The highest BCUT2D eigenvalue weighted by atomic mass is 35.5. The maximum absolute atomic E-state index is 10.9. The Hall–Kier alpha value is -1.75. The third-order valence-electron chi connectivity index (χ3n) is 2.93. The molecule has 0 fully saturated rings. The summed E-state index contributed by atoms with van der Waals surface area (Å²) in [4.78, 5) is 0. The lowest BCUT2D eigenvalue weighted by Crippen LogP contribution is -2.26. The van der Waals surface area contributed by atoms with Gasteiger partial charge in [0.15, 0.2) is 0 Å². The van der Waals surface area contributed by atoms with Gasteiger partial charge in [0.25, 0.3) is 0 Å². The molecule has 2 heteroatoms. The van der Waals surface area contributed by atoms with E-state index in [2.05, 4.69) is 5.92 Å². The number of aliphatic hydroxyl groups is 1. The maximum Gasteiger partial charge on any atom is 0.125 e. The Bertz CT molecular complexity index is 554. The highest BCUT2D eigenvalue weighted by Gasteiger charge is 2.30. The molecule has 0 spiro atoms. The van der Waals surface area contributed by atoms with Crippen molar-refractivity contribution in [1.82, 2.24) is 0 Å². The van der Waals surface area contributed by atoms with Gasteiger partial charge >= 0.3 is 0 Å². The van der Waals surface area contributed by atoms with Crippen molar-refractivity contribution in [3.63, 3.8) is 0 Å². The number of benzene rings is 2. The van der Waals surface area contributed by atoms with E-state index >= 15 is 0 Å². The van der Waals surface area contributed by atoms with Crippen molar-refractivity contribution >= 4 is 11.6 Å². The minimum absolute atomic E-state index is 0.221. The molecular formula is C16H13ClO. The summed E-state index contributed by atoms with van der Waals surface area (Å²) in [5.74, 6) is 2.54. The molecule has 18 heavy (non-hydrogen) atoms. The normalized spacial score (nSPS) is 13.6. The third kappa shape index (κ3) is 2.41. The van der Waals surface area contributed by atoms with E-state index in [1.807, 2.05) is 30.3 Å². The van der Waals surface area contributed by atoms with E-state index in [1.54, 1.807) is 24.3 Å². The molecule has 0 aromatic heterocycles. The van der Waals surface area contributed by atoms with Crippen LogP contribution in [0.4, 0.5) is 0 Å². The summed E-state index contributed by atoms with van der Waals surface area (Å²) in [5, 5.41) is 11.5. The standard InChI is InChI=1S/C16H13ClO/c1-2-12-16(18,13-6-4-3-5-7-13)14-8-10-15(17)11-9-14/h1,3-11,18H,12H2. The predicted octanol–water partition coefficient (Wildman–Crippen LogP) is 3.60. The number of halogens is 1. The van der Waals surface area contributed by atoms with Gasteiger partial charge in [-0.15, -0.1) is 12.3 Å². The Morgan fingerprint density at radius 2 is 1.56 bits per heavy atom. The average Bonchev–Trinajstić information content (AvgIpc) is 2.40. The monoisotopic (exact) mass is 256 g/mol. The number of rotatable bonds is 3. The Morgan fingerprint density at radius 1 is 1.00 bits per heavy atom. The quantitative estimate of drug-likeness (QED) is 0.832. The zero-order chi connectivity index (χ0) is 13.0. The van der Waals surface area contributed by atoms with E-state index in [0.717, 1.165) is 11.1 Å². The summed E-state index contributed by atoms with van der Waals surface area (Å²) >= 11 is 5.86. The maximum atomic E-state index is 10.9. The second-order valence-electron chi connectivity index (χ2n) is 4.11. The van der Waals surface area contributed by atoms with Gasteiger partial charge in [0.1, 0.15) is 5.60 Å². The Morgan fingerprint density at radius 3 is 2.11 bits per heavy atom. The Balaban J connectivity index is 2.51. The third-order valence-corrected chi connectivity index (χ3v) is 3.18. The van der Waals surface area contributed by atoms with E-state index < -0.39 is 5.60 Å². The molecule has 1 unspecified atom stereocenters. The molecule has 2 aromatic carbocycles. The molecule has 90 valence electrons. The smallest absolute Gasteiger partial charge is 0.125 e. The first-order valence-electron chi connectivity index (χ1n) is 5.64. The fourth-order valence-corrected chi connectivity index (χ4v) is 2.08. The zero-order valence-electron chi connectivity index (χ0n) is 9.81. The van der Waals surface area contributed by atoms with Crippen LogP contribution in [0, 0.1) is 12.3 Å². The molecule has 2 rings (SSSR count). The van der Waals surface area contributed by atoms with Crippen molar-refractivity contribution < 1.29 is 5.11 Å². The predicted molar refractivity (Wildman–Crippen MR) is 74.3 cm³/mol. The summed E-state index contributed by atoms with van der Waals surface area (Å²) in [6.45, 7) is 0. The van der Waals surface area contributed by atoms with Gasteiger partial charge in [0.2, 0.25) is 0 Å². The summed E-state index contributed by atoms with van der Waals surface area (Å²) < 4.78 is 0. The van der Waals surface area contributed by atoms with E-state index in [1.165, 1.54) is 0 Å². The second-order valence-corrected chi connectivity index (χ2v) is 4.55. The molecule has 0 saturated carbocycles. The zero-order valence-corrected chi connectivity index (χ0v) is 10.6. The van der Waals surface area contributed by atoms with Gasteiger partial charge < -0.3 is 5.11 Å². The first-order valence-corrected chi connectivity index (χ1v) is 6.02. The van der Waals surface area contributed by atoms with Crippen molar-refractivity contribution in [3.05, 3.63) is 70.7 Å².